The van der Waals surface area contributed by atoms with Crippen LogP contribution in [-0.2, 0) is 11.2 Å². The average molecular weight is 398 g/mol. The lowest BCUT2D eigenvalue weighted by molar-refractivity contribution is -0.121. The molecule has 0 saturated heterocycles. The number of aromatic nitrogens is 2. The molecule has 3 aromatic carbocycles. The first kappa shape index (κ1) is 19.9. The Kier molecular flexibility index (Phi) is 5.94. The van der Waals surface area contributed by atoms with E-state index < -0.39 is 0 Å². The molecule has 152 valence electrons. The second-order valence-corrected chi connectivity index (χ2v) is 7.69. The predicted molar refractivity (Wildman–Crippen MR) is 121 cm³/mol. The maximum absolute atomic E-state index is 12.6. The van der Waals surface area contributed by atoms with Crippen molar-refractivity contribution in [2.75, 3.05) is 0 Å². The summed E-state index contributed by atoms with van der Waals surface area (Å²) in [5, 5.41) is 3.15. The minimum atomic E-state index is -0.188. The molecule has 30 heavy (non-hydrogen) atoms. The van der Waals surface area contributed by atoms with Crippen molar-refractivity contribution in [3.8, 4) is 0 Å². The molecule has 4 aromatic rings. The zero-order valence-corrected chi connectivity index (χ0v) is 17.5. The number of rotatable bonds is 7. The van der Waals surface area contributed by atoms with E-state index in [1.54, 1.807) is 0 Å². The number of nitrogens with zero attached hydrogens (tertiary/aromatic N) is 2. The minimum Gasteiger partial charge on any atom is -0.346 e. The van der Waals surface area contributed by atoms with E-state index in [0.29, 0.717) is 6.42 Å². The van der Waals surface area contributed by atoms with E-state index in [4.69, 9.17) is 4.98 Å². The summed E-state index contributed by atoms with van der Waals surface area (Å²) < 4.78 is 2.24. The van der Waals surface area contributed by atoms with Gasteiger partial charge in [-0.05, 0) is 43.5 Å². The standard InChI is InChI=1S/C26H27N3O/c1-19(27-25(30)18-17-21-11-5-3-6-12-21)26-28-23-15-9-10-16-24(23)29(26)20(2)22-13-7-4-8-14-22/h3-16,19-20H,17-18H2,1-2H3,(H,27,30). The van der Waals surface area contributed by atoms with Gasteiger partial charge in [-0.15, -0.1) is 0 Å². The van der Waals surface area contributed by atoms with Gasteiger partial charge in [0.25, 0.3) is 0 Å². The fraction of sp³-hybridized carbons (Fsp3) is 0.231. The van der Waals surface area contributed by atoms with Gasteiger partial charge in [0.1, 0.15) is 5.82 Å². The molecule has 2 atom stereocenters. The topological polar surface area (TPSA) is 46.9 Å². The Morgan fingerprint density at radius 3 is 2.27 bits per heavy atom. The van der Waals surface area contributed by atoms with Gasteiger partial charge < -0.3 is 9.88 Å². The SMILES string of the molecule is CC(NC(=O)CCc1ccccc1)c1nc2ccccc2n1C(C)c1ccccc1. The highest BCUT2D eigenvalue weighted by Crippen LogP contribution is 2.28. The molecule has 0 bridgehead atoms. The van der Waals surface area contributed by atoms with Crippen LogP contribution < -0.4 is 5.32 Å². The zero-order valence-electron chi connectivity index (χ0n) is 17.5. The lowest BCUT2D eigenvalue weighted by Crippen LogP contribution is -2.29. The lowest BCUT2D eigenvalue weighted by Gasteiger charge is -2.22. The molecule has 4 rings (SSSR count). The summed E-state index contributed by atoms with van der Waals surface area (Å²) in [5.74, 6) is 0.915. The maximum atomic E-state index is 12.6. The van der Waals surface area contributed by atoms with Crippen molar-refractivity contribution in [3.05, 3.63) is 102 Å². The van der Waals surface area contributed by atoms with Gasteiger partial charge in [-0.25, -0.2) is 4.98 Å². The molecular formula is C26H27N3O. The molecule has 1 N–H and O–H groups in total. The fourth-order valence-corrected chi connectivity index (χ4v) is 3.94. The molecule has 1 heterocycles. The molecule has 4 heteroatoms. The van der Waals surface area contributed by atoms with Crippen LogP contribution in [0.4, 0.5) is 0 Å². The van der Waals surface area contributed by atoms with Crippen LogP contribution in [0.2, 0.25) is 0 Å². The van der Waals surface area contributed by atoms with Crippen molar-refractivity contribution in [2.45, 2.75) is 38.8 Å². The van der Waals surface area contributed by atoms with Gasteiger partial charge in [-0.2, -0.15) is 0 Å². The van der Waals surface area contributed by atoms with Crippen molar-refractivity contribution in [1.82, 2.24) is 14.9 Å². The number of imidazole rings is 1. The molecule has 2 unspecified atom stereocenters. The van der Waals surface area contributed by atoms with Crippen molar-refractivity contribution in [1.29, 1.82) is 0 Å². The molecule has 1 amide bonds. The van der Waals surface area contributed by atoms with E-state index in [1.165, 1.54) is 11.1 Å². The zero-order chi connectivity index (χ0) is 20.9. The number of hydrogen-bond donors (Lipinski definition) is 1. The van der Waals surface area contributed by atoms with E-state index in [9.17, 15) is 4.79 Å². The number of para-hydroxylation sites is 2. The Bertz CT molecular complexity index is 1120. The first-order chi connectivity index (χ1) is 14.6. The average Bonchev–Trinajstić information content (AvgIpc) is 3.18. The first-order valence-electron chi connectivity index (χ1n) is 10.5. The number of fused-ring (bicyclic) bond motifs is 1. The first-order valence-corrected chi connectivity index (χ1v) is 10.5. The summed E-state index contributed by atoms with van der Waals surface area (Å²) in [6.07, 6.45) is 1.19. The van der Waals surface area contributed by atoms with Crippen LogP contribution in [-0.4, -0.2) is 15.5 Å². The highest BCUT2D eigenvalue weighted by Gasteiger charge is 2.22. The number of carbonyl (C=O) groups excluding carboxylic acids is 1. The summed E-state index contributed by atoms with van der Waals surface area (Å²) in [4.78, 5) is 17.5. The Morgan fingerprint density at radius 1 is 0.900 bits per heavy atom. The largest absolute Gasteiger partial charge is 0.346 e. The summed E-state index contributed by atoms with van der Waals surface area (Å²) >= 11 is 0. The number of amides is 1. The highest BCUT2D eigenvalue weighted by atomic mass is 16.1. The summed E-state index contributed by atoms with van der Waals surface area (Å²) in [6, 6.07) is 28.6. The normalized spacial score (nSPS) is 13.1. The van der Waals surface area contributed by atoms with E-state index in [-0.39, 0.29) is 18.0 Å². The third-order valence-corrected chi connectivity index (χ3v) is 5.54. The fourth-order valence-electron chi connectivity index (χ4n) is 3.94. The highest BCUT2D eigenvalue weighted by molar-refractivity contribution is 5.78. The van der Waals surface area contributed by atoms with Crippen molar-refractivity contribution < 1.29 is 4.79 Å². The van der Waals surface area contributed by atoms with E-state index in [1.807, 2.05) is 49.4 Å². The quantitative estimate of drug-likeness (QED) is 0.450. The summed E-state index contributed by atoms with van der Waals surface area (Å²) in [6.45, 7) is 4.19. The summed E-state index contributed by atoms with van der Waals surface area (Å²) in [7, 11) is 0. The molecular weight excluding hydrogens is 370 g/mol. The van der Waals surface area contributed by atoms with Gasteiger partial charge >= 0.3 is 0 Å². The molecule has 1 aromatic heterocycles. The Balaban J connectivity index is 1.57. The van der Waals surface area contributed by atoms with Crippen LogP contribution in [0.3, 0.4) is 0 Å². The molecule has 0 aliphatic carbocycles. The van der Waals surface area contributed by atoms with Crippen LogP contribution in [0, 0.1) is 0 Å². The Morgan fingerprint density at radius 2 is 1.53 bits per heavy atom. The number of aryl methyl sites for hydroxylation is 1. The van der Waals surface area contributed by atoms with Crippen molar-refractivity contribution in [2.24, 2.45) is 0 Å². The van der Waals surface area contributed by atoms with Crippen LogP contribution in [0.5, 0.6) is 0 Å². The van der Waals surface area contributed by atoms with E-state index >= 15 is 0 Å². The molecule has 0 saturated carbocycles. The number of carbonyl (C=O) groups is 1. The molecule has 0 radical (unpaired) electrons. The lowest BCUT2D eigenvalue weighted by atomic mass is 10.1. The molecule has 0 spiro atoms. The van der Waals surface area contributed by atoms with Gasteiger partial charge in [-0.3, -0.25) is 4.79 Å². The number of hydrogen-bond acceptors (Lipinski definition) is 2. The third-order valence-electron chi connectivity index (χ3n) is 5.54. The minimum absolute atomic E-state index is 0.0392. The summed E-state index contributed by atoms with van der Waals surface area (Å²) in [5.41, 5.74) is 4.41. The molecule has 4 nitrogen and oxygen atoms in total. The second-order valence-electron chi connectivity index (χ2n) is 7.69. The molecule has 0 aliphatic rings. The van der Waals surface area contributed by atoms with Gasteiger partial charge in [-0.1, -0.05) is 72.8 Å². The van der Waals surface area contributed by atoms with E-state index in [0.717, 1.165) is 23.3 Å². The van der Waals surface area contributed by atoms with Crippen molar-refractivity contribution in [3.63, 3.8) is 0 Å². The van der Waals surface area contributed by atoms with Crippen LogP contribution in [0.1, 0.15) is 49.3 Å². The maximum Gasteiger partial charge on any atom is 0.220 e. The van der Waals surface area contributed by atoms with Crippen LogP contribution in [0.15, 0.2) is 84.9 Å². The van der Waals surface area contributed by atoms with Gasteiger partial charge in [0.2, 0.25) is 5.91 Å². The molecule has 0 aliphatic heterocycles. The Hall–Kier alpha value is -3.40. The Labute approximate surface area is 177 Å². The monoisotopic (exact) mass is 397 g/mol. The van der Waals surface area contributed by atoms with Crippen LogP contribution in [0.25, 0.3) is 11.0 Å². The van der Waals surface area contributed by atoms with E-state index in [2.05, 4.69) is 59.3 Å². The van der Waals surface area contributed by atoms with Crippen molar-refractivity contribution >= 4 is 16.9 Å². The predicted octanol–water partition coefficient (Wildman–Crippen LogP) is 5.46. The smallest absolute Gasteiger partial charge is 0.220 e. The molecule has 0 fully saturated rings. The van der Waals surface area contributed by atoms with Gasteiger partial charge in [0, 0.05) is 6.42 Å². The third kappa shape index (κ3) is 4.28. The number of nitrogens with one attached hydrogen (secondary N) is 1. The number of benzene rings is 3. The second kappa shape index (κ2) is 8.95. The van der Waals surface area contributed by atoms with Gasteiger partial charge in [0.05, 0.1) is 23.1 Å². The van der Waals surface area contributed by atoms with Gasteiger partial charge in [0.15, 0.2) is 0 Å². The van der Waals surface area contributed by atoms with Crippen LogP contribution >= 0.6 is 0 Å².